The van der Waals surface area contributed by atoms with Crippen molar-refractivity contribution >= 4 is 33.4 Å². The molecule has 1 aliphatic heterocycles. The largest absolute Gasteiger partial charge is 0.392 e. The van der Waals surface area contributed by atoms with Crippen molar-refractivity contribution in [3.8, 4) is 5.69 Å². The molecule has 12 nitrogen and oxygen atoms in total. The highest BCUT2D eigenvalue weighted by Crippen LogP contribution is 2.40. The van der Waals surface area contributed by atoms with E-state index in [1.165, 1.54) is 23.9 Å². The van der Waals surface area contributed by atoms with E-state index in [1.807, 2.05) is 97.9 Å². The Morgan fingerprint density at radius 2 is 1.60 bits per heavy atom. The molecular formula is C41H40N6O6S2. The van der Waals surface area contributed by atoms with E-state index < -0.39 is 28.3 Å². The minimum atomic E-state index is -4.02. The van der Waals surface area contributed by atoms with Gasteiger partial charge in [-0.3, -0.25) is 4.79 Å². The highest BCUT2D eigenvalue weighted by atomic mass is 32.2. The third-order valence-corrected chi connectivity index (χ3v) is 11.6. The topological polar surface area (TPSA) is 158 Å². The zero-order chi connectivity index (χ0) is 38.2. The molecule has 5 aromatic carbocycles. The Balaban J connectivity index is 1.11. The van der Waals surface area contributed by atoms with Crippen molar-refractivity contribution in [1.82, 2.24) is 24.9 Å². The molecule has 6 aromatic rings. The van der Waals surface area contributed by atoms with Crippen LogP contribution in [0.15, 0.2) is 144 Å². The van der Waals surface area contributed by atoms with Crippen LogP contribution in [-0.4, -0.2) is 57.5 Å². The third-order valence-electron chi connectivity index (χ3n) is 9.11. The number of rotatable bonds is 14. The first-order chi connectivity index (χ1) is 26.7. The summed E-state index contributed by atoms with van der Waals surface area (Å²) in [4.78, 5) is 14.0. The molecule has 0 radical (unpaired) electrons. The van der Waals surface area contributed by atoms with Gasteiger partial charge in [-0.15, -0.1) is 5.10 Å². The molecule has 1 amide bonds. The van der Waals surface area contributed by atoms with Gasteiger partial charge >= 0.3 is 0 Å². The number of aliphatic hydroxyl groups is 1. The van der Waals surface area contributed by atoms with Crippen molar-refractivity contribution in [2.45, 2.75) is 61.0 Å². The van der Waals surface area contributed by atoms with Gasteiger partial charge in [-0.25, -0.2) is 8.42 Å². The van der Waals surface area contributed by atoms with Gasteiger partial charge in [-0.05, 0) is 76.9 Å². The minimum Gasteiger partial charge on any atom is -0.392 e. The van der Waals surface area contributed by atoms with Crippen molar-refractivity contribution in [3.63, 3.8) is 0 Å². The van der Waals surface area contributed by atoms with Gasteiger partial charge in [0.2, 0.25) is 21.1 Å². The fourth-order valence-electron chi connectivity index (χ4n) is 6.19. The van der Waals surface area contributed by atoms with Crippen LogP contribution in [0.25, 0.3) is 5.69 Å². The number of aromatic nitrogens is 4. The third kappa shape index (κ3) is 9.72. The van der Waals surface area contributed by atoms with Crippen LogP contribution in [0.3, 0.4) is 0 Å². The number of benzene rings is 5. The molecule has 0 saturated carbocycles. The second-order valence-corrected chi connectivity index (χ2v) is 15.9. The highest BCUT2D eigenvalue weighted by Gasteiger charge is 2.33. The lowest BCUT2D eigenvalue weighted by molar-refractivity contribution is -0.245. The van der Waals surface area contributed by atoms with Crippen molar-refractivity contribution in [2.24, 2.45) is 0 Å². The van der Waals surface area contributed by atoms with Crippen LogP contribution >= 0.6 is 11.8 Å². The van der Waals surface area contributed by atoms with Crippen molar-refractivity contribution in [1.29, 1.82) is 0 Å². The first kappa shape index (κ1) is 38.1. The average Bonchev–Trinajstić information content (AvgIpc) is 3.69. The summed E-state index contributed by atoms with van der Waals surface area (Å²) in [5.41, 5.74) is 5.40. The number of tetrazole rings is 1. The Morgan fingerprint density at radius 3 is 2.33 bits per heavy atom. The summed E-state index contributed by atoms with van der Waals surface area (Å²) in [6.07, 6.45) is -0.739. The lowest BCUT2D eigenvalue weighted by Gasteiger charge is -2.36. The number of aliphatic hydroxyl groups excluding tert-OH is 1. The van der Waals surface area contributed by atoms with E-state index in [2.05, 4.69) is 25.6 Å². The molecule has 1 aromatic heterocycles. The molecule has 2 heterocycles. The smallest absolute Gasteiger partial charge is 0.242 e. The van der Waals surface area contributed by atoms with Gasteiger partial charge in [0.05, 0.1) is 29.4 Å². The van der Waals surface area contributed by atoms with Crippen molar-refractivity contribution < 1.29 is 27.8 Å². The van der Waals surface area contributed by atoms with Gasteiger partial charge in [-0.1, -0.05) is 114 Å². The second-order valence-electron chi connectivity index (χ2n) is 13.2. The predicted molar refractivity (Wildman–Crippen MR) is 209 cm³/mol. The quantitative estimate of drug-likeness (QED) is 0.107. The van der Waals surface area contributed by atoms with Crippen LogP contribution in [0.1, 0.15) is 46.6 Å². The lowest BCUT2D eigenvalue weighted by atomic mass is 10.0. The fraction of sp³-hybridized carbons (Fsp3) is 0.220. The van der Waals surface area contributed by atoms with E-state index in [4.69, 9.17) is 9.47 Å². The normalized spacial score (nSPS) is 17.7. The molecule has 14 heteroatoms. The maximum Gasteiger partial charge on any atom is 0.242 e. The van der Waals surface area contributed by atoms with Crippen LogP contribution < -0.4 is 10.0 Å². The molecule has 0 bridgehead atoms. The Bertz CT molecular complexity index is 2290. The number of carbonyl (C=O) groups is 1. The molecule has 1 aliphatic rings. The zero-order valence-corrected chi connectivity index (χ0v) is 31.6. The predicted octanol–water partition coefficient (Wildman–Crippen LogP) is 6.33. The number of para-hydroxylation sites is 1. The number of aryl methyl sites for hydroxylation is 1. The van der Waals surface area contributed by atoms with Gasteiger partial charge < -0.3 is 19.9 Å². The van der Waals surface area contributed by atoms with Gasteiger partial charge in [0, 0.05) is 23.4 Å². The first-order valence-corrected chi connectivity index (χ1v) is 20.2. The van der Waals surface area contributed by atoms with E-state index in [-0.39, 0.29) is 30.1 Å². The highest BCUT2D eigenvalue weighted by molar-refractivity contribution is 7.99. The second kappa shape index (κ2) is 17.5. The molecule has 4 unspecified atom stereocenters. The number of nitrogens with one attached hydrogen (secondary N) is 2. The van der Waals surface area contributed by atoms with Gasteiger partial charge in [0.25, 0.3) is 0 Å². The molecule has 3 N–H and O–H groups in total. The maximum absolute atomic E-state index is 13.9. The summed E-state index contributed by atoms with van der Waals surface area (Å²) in [5, 5.41) is 25.5. The number of sulfonamides is 1. The Labute approximate surface area is 324 Å². The average molecular weight is 777 g/mol. The van der Waals surface area contributed by atoms with Crippen LogP contribution in [0.5, 0.6) is 0 Å². The summed E-state index contributed by atoms with van der Waals surface area (Å²) >= 11 is 1.47. The van der Waals surface area contributed by atoms with E-state index in [9.17, 15) is 18.3 Å². The van der Waals surface area contributed by atoms with Crippen molar-refractivity contribution in [3.05, 3.63) is 161 Å². The van der Waals surface area contributed by atoms with Gasteiger partial charge in [0.15, 0.2) is 6.29 Å². The Morgan fingerprint density at radius 1 is 0.873 bits per heavy atom. The molecule has 1 fully saturated rings. The number of nitrogens with zero attached hydrogens (tertiary/aromatic N) is 4. The van der Waals surface area contributed by atoms with E-state index >= 15 is 0 Å². The zero-order valence-electron chi connectivity index (χ0n) is 29.9. The molecule has 0 spiro atoms. The molecule has 1 saturated heterocycles. The molecule has 7 rings (SSSR count). The summed E-state index contributed by atoms with van der Waals surface area (Å²) < 4.78 is 44.3. The summed E-state index contributed by atoms with van der Waals surface area (Å²) in [5.74, 6) is 0.00577. The van der Waals surface area contributed by atoms with E-state index in [0.717, 1.165) is 27.9 Å². The minimum absolute atomic E-state index is 0.0644. The summed E-state index contributed by atoms with van der Waals surface area (Å²) in [7, 11) is -4.02. The number of amides is 1. The molecule has 55 heavy (non-hydrogen) atoms. The van der Waals surface area contributed by atoms with Crippen molar-refractivity contribution in [2.75, 3.05) is 11.1 Å². The number of thioether (sulfide) groups is 1. The maximum atomic E-state index is 13.9. The number of hydrogen-bond donors (Lipinski definition) is 3. The van der Waals surface area contributed by atoms with E-state index in [1.54, 1.807) is 35.0 Å². The van der Waals surface area contributed by atoms with Crippen LogP contribution in [0.4, 0.5) is 5.69 Å². The van der Waals surface area contributed by atoms with E-state index in [0.29, 0.717) is 28.6 Å². The standard InChI is InChI=1S/C41H40N6O6S2/c1-28-15-21-36(22-16-28)55(50,51)44-37(23-29-9-4-2-5-10-29)39(49)42-33-12-8-11-32(24-33)40-52-35(25-38(53-40)31-19-17-30(26-48)18-20-31)27-54-41-43-45-46-47(41)34-13-6-3-7-14-34/h2-22,24,35,37-38,40,44,48H,23,25-27H2,1H3,(H,42,49). The van der Waals surface area contributed by atoms with Crippen LogP contribution in [0, 0.1) is 6.92 Å². The first-order valence-electron chi connectivity index (χ1n) is 17.7. The van der Waals surface area contributed by atoms with Gasteiger partial charge in [-0.2, -0.15) is 9.40 Å². The summed E-state index contributed by atoms with van der Waals surface area (Å²) in [6, 6.07) is 39.1. The monoisotopic (exact) mass is 776 g/mol. The molecule has 282 valence electrons. The number of hydrogen-bond acceptors (Lipinski definition) is 10. The number of anilines is 1. The molecule has 0 aliphatic carbocycles. The summed E-state index contributed by atoms with van der Waals surface area (Å²) in [6.45, 7) is 1.81. The van der Waals surface area contributed by atoms with Gasteiger partial charge in [0.1, 0.15) is 6.04 Å². The SMILES string of the molecule is Cc1ccc(S(=O)(=O)NC(Cc2ccccc2)C(=O)Nc2cccc(C3OC(CSc4nnnn4-c4ccccc4)CC(c4ccc(CO)cc4)O3)c2)cc1. The Hall–Kier alpha value is -5.22. The molecular weight excluding hydrogens is 737 g/mol. The number of carbonyl (C=O) groups excluding carboxylic acids is 1. The Kier molecular flexibility index (Phi) is 12.1. The number of ether oxygens (including phenoxy) is 2. The van der Waals surface area contributed by atoms with Crippen LogP contribution in [0.2, 0.25) is 0 Å². The fourth-order valence-corrected chi connectivity index (χ4v) is 8.30. The molecule has 4 atom stereocenters. The lowest BCUT2D eigenvalue weighted by Crippen LogP contribution is -2.45. The van der Waals surface area contributed by atoms with Crippen LogP contribution in [-0.2, 0) is 37.3 Å².